The van der Waals surface area contributed by atoms with Crippen LogP contribution in [0.15, 0.2) is 79.0 Å². The molecule has 0 spiro atoms. The van der Waals surface area contributed by atoms with Crippen molar-refractivity contribution in [2.75, 3.05) is 57.9 Å². The molecule has 0 bridgehead atoms. The number of anilines is 1. The molecule has 0 aliphatic carbocycles. The molecule has 1 atom stereocenters. The van der Waals surface area contributed by atoms with Crippen molar-refractivity contribution in [3.05, 3.63) is 101 Å². The van der Waals surface area contributed by atoms with E-state index >= 15 is 0 Å². The Bertz CT molecular complexity index is 1620. The van der Waals surface area contributed by atoms with Crippen LogP contribution in [0.3, 0.4) is 0 Å². The lowest BCUT2D eigenvalue weighted by atomic mass is 10.0. The van der Waals surface area contributed by atoms with Gasteiger partial charge in [-0.1, -0.05) is 48.5 Å². The summed E-state index contributed by atoms with van der Waals surface area (Å²) in [6, 6.07) is 19.9. The van der Waals surface area contributed by atoms with E-state index in [9.17, 15) is 27.6 Å². The number of halogens is 3. The van der Waals surface area contributed by atoms with Crippen LogP contribution in [0.2, 0.25) is 0 Å². The molecule has 258 valence electrons. The maximum absolute atomic E-state index is 14.0. The number of likely N-dealkylation sites (N-methyl/N-ethyl adjacent to an activating group) is 1. The summed E-state index contributed by atoms with van der Waals surface area (Å²) in [5.41, 5.74) is 1.79. The third-order valence-corrected chi connectivity index (χ3v) is 8.20. The van der Waals surface area contributed by atoms with Crippen molar-refractivity contribution in [3.8, 4) is 6.07 Å². The quantitative estimate of drug-likeness (QED) is 0.195. The van der Waals surface area contributed by atoms with Crippen LogP contribution in [0.25, 0.3) is 6.08 Å². The molecule has 1 saturated heterocycles. The number of hydrogen-bond donors (Lipinski definition) is 0. The van der Waals surface area contributed by atoms with Gasteiger partial charge in [0.15, 0.2) is 0 Å². The Kier molecular flexibility index (Phi) is 12.9. The van der Waals surface area contributed by atoms with Crippen LogP contribution in [0.5, 0.6) is 0 Å². The van der Waals surface area contributed by atoms with Crippen LogP contribution < -0.4 is 4.90 Å². The largest absolute Gasteiger partial charge is 0.433 e. The molecule has 3 amide bonds. The highest BCUT2D eigenvalue weighted by molar-refractivity contribution is 5.95. The first-order valence-corrected chi connectivity index (χ1v) is 15.8. The number of rotatable bonds is 13. The molecule has 3 aromatic rings. The third kappa shape index (κ3) is 10.6. The molecule has 10 nitrogen and oxygen atoms in total. The van der Waals surface area contributed by atoms with Gasteiger partial charge in [0.25, 0.3) is 0 Å². The van der Waals surface area contributed by atoms with Crippen molar-refractivity contribution in [2.45, 2.75) is 32.1 Å². The maximum atomic E-state index is 14.0. The van der Waals surface area contributed by atoms with Gasteiger partial charge in [0, 0.05) is 77.6 Å². The van der Waals surface area contributed by atoms with Crippen LogP contribution >= 0.6 is 0 Å². The summed E-state index contributed by atoms with van der Waals surface area (Å²) in [4.78, 5) is 50.1. The zero-order valence-corrected chi connectivity index (χ0v) is 27.5. The first-order chi connectivity index (χ1) is 23.5. The molecule has 1 aliphatic rings. The summed E-state index contributed by atoms with van der Waals surface area (Å²) in [6.45, 7) is 4.44. The Balaban J connectivity index is 1.62. The summed E-state index contributed by atoms with van der Waals surface area (Å²) >= 11 is 0. The van der Waals surface area contributed by atoms with E-state index in [0.29, 0.717) is 26.2 Å². The van der Waals surface area contributed by atoms with E-state index in [1.165, 1.54) is 28.0 Å². The zero-order valence-electron chi connectivity index (χ0n) is 27.5. The SMILES string of the molecule is CC(=O)N1CCN(c2ccc(CN(C(=O)/C=C/c3ccc(C(F)(F)F)nc3)[C@@H](Cc3ccccc3)C(=O)N(C)CCOCC#N)cc2)CC1. The number of carbonyl (C=O) groups excluding carboxylic acids is 3. The van der Waals surface area contributed by atoms with E-state index in [1.54, 1.807) is 18.9 Å². The first-order valence-electron chi connectivity index (χ1n) is 15.8. The van der Waals surface area contributed by atoms with Gasteiger partial charge < -0.3 is 24.3 Å². The third-order valence-electron chi connectivity index (χ3n) is 8.20. The number of alkyl halides is 3. The molecule has 0 radical (unpaired) electrons. The minimum absolute atomic E-state index is 0.0448. The molecule has 13 heteroatoms. The lowest BCUT2D eigenvalue weighted by Gasteiger charge is -2.36. The van der Waals surface area contributed by atoms with Gasteiger partial charge in [0.05, 0.1) is 12.7 Å². The zero-order chi connectivity index (χ0) is 35.4. The number of pyridine rings is 1. The summed E-state index contributed by atoms with van der Waals surface area (Å²) in [6.07, 6.45) is -0.759. The average Bonchev–Trinajstić information content (AvgIpc) is 3.10. The van der Waals surface area contributed by atoms with E-state index in [2.05, 4.69) is 9.88 Å². The molecule has 0 saturated carbocycles. The van der Waals surface area contributed by atoms with E-state index in [-0.39, 0.29) is 50.1 Å². The van der Waals surface area contributed by atoms with Gasteiger partial charge in [-0.15, -0.1) is 0 Å². The fourth-order valence-corrected chi connectivity index (χ4v) is 5.42. The first kappa shape index (κ1) is 36.6. The van der Waals surface area contributed by atoms with Crippen LogP contribution in [0.4, 0.5) is 18.9 Å². The number of amides is 3. The second kappa shape index (κ2) is 17.3. The van der Waals surface area contributed by atoms with Gasteiger partial charge in [-0.3, -0.25) is 19.4 Å². The van der Waals surface area contributed by atoms with Crippen LogP contribution in [-0.4, -0.2) is 96.4 Å². The highest BCUT2D eigenvalue weighted by atomic mass is 19.4. The topological polar surface area (TPSA) is 110 Å². The van der Waals surface area contributed by atoms with Gasteiger partial charge in [0.2, 0.25) is 17.7 Å². The Morgan fingerprint density at radius 2 is 1.69 bits per heavy atom. The summed E-state index contributed by atoms with van der Waals surface area (Å²) < 4.78 is 44.3. The normalized spacial score (nSPS) is 14.0. The lowest BCUT2D eigenvalue weighted by Crippen LogP contribution is -2.51. The molecule has 2 aromatic carbocycles. The van der Waals surface area contributed by atoms with Gasteiger partial charge in [-0.2, -0.15) is 18.4 Å². The molecule has 2 heterocycles. The number of carbonyl (C=O) groups is 3. The standard InChI is InChI=1S/C36H39F3N6O4/c1-27(46)43-17-19-44(20-18-43)31-12-8-30(9-13-31)26-45(34(47)15-11-29-10-14-33(41-25-29)36(37,38)39)32(24-28-6-4-3-5-7-28)35(48)42(2)21-23-49-22-16-40/h3-15,25,32H,17-24,26H2,1-2H3/b15-11+/t32-/m0/s1. The van der Waals surface area contributed by atoms with E-state index < -0.39 is 23.8 Å². The Hall–Kier alpha value is -5.22. The molecule has 1 fully saturated rings. The Morgan fingerprint density at radius 3 is 2.29 bits per heavy atom. The number of nitriles is 1. The van der Waals surface area contributed by atoms with Crippen LogP contribution in [0.1, 0.15) is 29.3 Å². The summed E-state index contributed by atoms with van der Waals surface area (Å²) in [7, 11) is 1.60. The fraction of sp³-hybridized carbons (Fsp3) is 0.361. The molecule has 49 heavy (non-hydrogen) atoms. The smallest absolute Gasteiger partial charge is 0.368 e. The van der Waals surface area contributed by atoms with E-state index in [4.69, 9.17) is 10.00 Å². The fourth-order valence-electron chi connectivity index (χ4n) is 5.42. The minimum Gasteiger partial charge on any atom is -0.368 e. The maximum Gasteiger partial charge on any atom is 0.433 e. The number of hydrogen-bond acceptors (Lipinski definition) is 7. The summed E-state index contributed by atoms with van der Waals surface area (Å²) in [5, 5.41) is 8.79. The van der Waals surface area contributed by atoms with Crippen molar-refractivity contribution in [1.82, 2.24) is 19.7 Å². The molecule has 0 unspecified atom stereocenters. The number of nitrogens with zero attached hydrogens (tertiary/aromatic N) is 6. The number of ether oxygens (including phenoxy) is 1. The van der Waals surface area contributed by atoms with Gasteiger partial charge in [0.1, 0.15) is 18.3 Å². The second-order valence-corrected chi connectivity index (χ2v) is 11.6. The van der Waals surface area contributed by atoms with Gasteiger partial charge in [-0.05, 0) is 41.0 Å². The van der Waals surface area contributed by atoms with Crippen molar-refractivity contribution in [2.24, 2.45) is 0 Å². The van der Waals surface area contributed by atoms with Gasteiger partial charge >= 0.3 is 6.18 Å². The predicted molar refractivity (Wildman–Crippen MR) is 178 cm³/mol. The second-order valence-electron chi connectivity index (χ2n) is 11.6. The van der Waals surface area contributed by atoms with Crippen molar-refractivity contribution < 1.29 is 32.3 Å². The molecular formula is C36H39F3N6O4. The highest BCUT2D eigenvalue weighted by Crippen LogP contribution is 2.27. The molecule has 1 aliphatic heterocycles. The predicted octanol–water partition coefficient (Wildman–Crippen LogP) is 4.42. The minimum atomic E-state index is -4.59. The van der Waals surface area contributed by atoms with Gasteiger partial charge in [-0.25, -0.2) is 0 Å². The Morgan fingerprint density at radius 1 is 1.00 bits per heavy atom. The molecular weight excluding hydrogens is 637 g/mol. The Labute approximate surface area is 284 Å². The number of aromatic nitrogens is 1. The summed E-state index contributed by atoms with van der Waals surface area (Å²) in [5.74, 6) is -0.821. The molecule has 0 N–H and O–H groups in total. The van der Waals surface area contributed by atoms with Crippen molar-refractivity contribution in [1.29, 1.82) is 5.26 Å². The molecule has 4 rings (SSSR count). The van der Waals surface area contributed by atoms with Crippen LogP contribution in [0, 0.1) is 11.3 Å². The highest BCUT2D eigenvalue weighted by Gasteiger charge is 2.33. The van der Waals surface area contributed by atoms with E-state index in [1.807, 2.05) is 60.7 Å². The number of benzene rings is 2. The average molecular weight is 677 g/mol. The number of piperazine rings is 1. The van der Waals surface area contributed by atoms with Crippen molar-refractivity contribution >= 4 is 29.5 Å². The monoisotopic (exact) mass is 676 g/mol. The van der Waals surface area contributed by atoms with Crippen LogP contribution in [-0.2, 0) is 38.3 Å². The molecule has 1 aromatic heterocycles. The van der Waals surface area contributed by atoms with Crippen molar-refractivity contribution in [3.63, 3.8) is 0 Å². The van der Waals surface area contributed by atoms with E-state index in [0.717, 1.165) is 29.1 Å². The lowest BCUT2D eigenvalue weighted by molar-refractivity contribution is -0.143.